The highest BCUT2D eigenvalue weighted by Gasteiger charge is 2.12. The van der Waals surface area contributed by atoms with Gasteiger partial charge in [0.1, 0.15) is 5.65 Å². The predicted molar refractivity (Wildman–Crippen MR) is 98.4 cm³/mol. The summed E-state index contributed by atoms with van der Waals surface area (Å²) in [7, 11) is 0. The van der Waals surface area contributed by atoms with Crippen LogP contribution in [0.3, 0.4) is 0 Å². The molecular weight excluding hydrogens is 318 g/mol. The fourth-order valence-corrected chi connectivity index (χ4v) is 2.96. The Labute approximate surface area is 142 Å². The van der Waals surface area contributed by atoms with Gasteiger partial charge in [-0.2, -0.15) is 0 Å². The number of benzene rings is 2. The number of nitrogens with one attached hydrogen (secondary N) is 2. The number of nitrogens with zero attached hydrogens (tertiary/aromatic N) is 1. The Bertz CT molecular complexity index is 1130. The van der Waals surface area contributed by atoms with Crippen molar-refractivity contribution in [2.75, 3.05) is 0 Å². The van der Waals surface area contributed by atoms with Crippen LogP contribution in [-0.2, 0) is 0 Å². The molecule has 0 spiro atoms. The second-order valence-corrected chi connectivity index (χ2v) is 5.83. The quantitative estimate of drug-likeness (QED) is 0.538. The zero-order valence-corrected chi connectivity index (χ0v) is 13.4. The first-order chi connectivity index (χ1) is 11.7. The van der Waals surface area contributed by atoms with Gasteiger partial charge in [0, 0.05) is 11.1 Å². The van der Waals surface area contributed by atoms with Crippen LogP contribution in [0.15, 0.2) is 71.5 Å². The van der Waals surface area contributed by atoms with E-state index in [1.165, 1.54) is 0 Å². The van der Waals surface area contributed by atoms with Crippen molar-refractivity contribution in [3.63, 3.8) is 0 Å². The maximum Gasteiger partial charge on any atom is 0.261 e. The van der Waals surface area contributed by atoms with Crippen molar-refractivity contribution < 1.29 is 0 Å². The van der Waals surface area contributed by atoms with Crippen molar-refractivity contribution in [1.29, 1.82) is 0 Å². The molecule has 0 fully saturated rings. The molecular formula is C19H13N3OS. The highest BCUT2D eigenvalue weighted by atomic mass is 32.1. The molecule has 2 aromatic carbocycles. The first kappa shape index (κ1) is 14.5. The first-order valence-electron chi connectivity index (χ1n) is 7.50. The van der Waals surface area contributed by atoms with E-state index in [4.69, 9.17) is 12.2 Å². The average Bonchev–Trinajstić information content (AvgIpc) is 2.62. The van der Waals surface area contributed by atoms with Crippen molar-refractivity contribution in [1.82, 2.24) is 15.0 Å². The monoisotopic (exact) mass is 331 g/mol. The Hall–Kier alpha value is -3.05. The summed E-state index contributed by atoms with van der Waals surface area (Å²) >= 11 is 5.10. The SMILES string of the molecule is O=c1[nH]c(=S)[nH]c2nc(-c3ccccc3)cc(-c3ccccc3)c12. The van der Waals surface area contributed by atoms with Crippen LogP contribution in [0.25, 0.3) is 33.4 Å². The minimum atomic E-state index is -0.236. The highest BCUT2D eigenvalue weighted by Crippen LogP contribution is 2.29. The largest absolute Gasteiger partial charge is 0.316 e. The van der Waals surface area contributed by atoms with Gasteiger partial charge in [-0.3, -0.25) is 9.78 Å². The lowest BCUT2D eigenvalue weighted by molar-refractivity contribution is 1.11. The summed E-state index contributed by atoms with van der Waals surface area (Å²) in [5, 5.41) is 0.509. The molecule has 24 heavy (non-hydrogen) atoms. The molecule has 2 heterocycles. The topological polar surface area (TPSA) is 61.5 Å². The summed E-state index contributed by atoms with van der Waals surface area (Å²) < 4.78 is 0.268. The summed E-state index contributed by atoms with van der Waals surface area (Å²) in [6.07, 6.45) is 0. The van der Waals surface area contributed by atoms with Crippen molar-refractivity contribution in [3.8, 4) is 22.4 Å². The Morgan fingerprint density at radius 1 is 0.833 bits per heavy atom. The number of pyridine rings is 1. The molecule has 0 radical (unpaired) electrons. The maximum absolute atomic E-state index is 12.5. The molecule has 0 bridgehead atoms. The maximum atomic E-state index is 12.5. The van der Waals surface area contributed by atoms with Crippen LogP contribution >= 0.6 is 12.2 Å². The van der Waals surface area contributed by atoms with E-state index in [-0.39, 0.29) is 10.3 Å². The molecule has 4 nitrogen and oxygen atoms in total. The number of hydrogen-bond donors (Lipinski definition) is 2. The predicted octanol–water partition coefficient (Wildman–Crippen LogP) is 4.31. The van der Waals surface area contributed by atoms with Crippen LogP contribution in [0, 0.1) is 4.77 Å². The Balaban J connectivity index is 2.12. The van der Waals surface area contributed by atoms with E-state index < -0.39 is 0 Å². The molecule has 0 saturated carbocycles. The summed E-state index contributed by atoms with van der Waals surface area (Å²) in [5.74, 6) is 0. The third-order valence-electron chi connectivity index (χ3n) is 3.86. The van der Waals surface area contributed by atoms with Crippen molar-refractivity contribution in [2.45, 2.75) is 0 Å². The van der Waals surface area contributed by atoms with E-state index in [1.54, 1.807) is 0 Å². The van der Waals surface area contributed by atoms with Crippen LogP contribution < -0.4 is 5.56 Å². The Morgan fingerprint density at radius 2 is 1.46 bits per heavy atom. The fourth-order valence-electron chi connectivity index (χ4n) is 2.77. The van der Waals surface area contributed by atoms with Crippen LogP contribution in [0.4, 0.5) is 0 Å². The van der Waals surface area contributed by atoms with Gasteiger partial charge in [-0.1, -0.05) is 60.7 Å². The molecule has 0 aliphatic carbocycles. The number of aromatic nitrogens is 3. The molecule has 116 valence electrons. The van der Waals surface area contributed by atoms with Gasteiger partial charge in [0.15, 0.2) is 4.77 Å². The molecule has 0 atom stereocenters. The standard InChI is InChI=1S/C19H13N3OS/c23-18-16-14(12-7-3-1-4-8-12)11-15(13-9-5-2-6-10-13)20-17(16)21-19(24)22-18/h1-11H,(H2,20,21,22,23,24). The Morgan fingerprint density at radius 3 is 2.12 bits per heavy atom. The number of rotatable bonds is 2. The molecule has 5 heteroatoms. The van der Waals surface area contributed by atoms with Gasteiger partial charge in [-0.15, -0.1) is 0 Å². The first-order valence-corrected chi connectivity index (χ1v) is 7.91. The molecule has 0 amide bonds. The molecule has 4 rings (SSSR count). The van der Waals surface area contributed by atoms with Gasteiger partial charge < -0.3 is 4.98 Å². The third kappa shape index (κ3) is 2.55. The summed E-state index contributed by atoms with van der Waals surface area (Å²) in [4.78, 5) is 22.7. The van der Waals surface area contributed by atoms with Gasteiger partial charge in [-0.05, 0) is 23.8 Å². The van der Waals surface area contributed by atoms with Gasteiger partial charge in [0.2, 0.25) is 0 Å². The van der Waals surface area contributed by atoms with Crippen LogP contribution in [0.2, 0.25) is 0 Å². The molecule has 2 N–H and O–H groups in total. The molecule has 0 aliphatic heterocycles. The third-order valence-corrected chi connectivity index (χ3v) is 4.06. The van der Waals surface area contributed by atoms with Gasteiger partial charge in [0.25, 0.3) is 5.56 Å². The zero-order valence-electron chi connectivity index (χ0n) is 12.6. The summed E-state index contributed by atoms with van der Waals surface area (Å²) in [5.41, 5.74) is 3.81. The summed E-state index contributed by atoms with van der Waals surface area (Å²) in [6.45, 7) is 0. The number of aromatic amines is 2. The van der Waals surface area contributed by atoms with E-state index in [0.717, 1.165) is 22.4 Å². The van der Waals surface area contributed by atoms with Crippen LogP contribution in [0.1, 0.15) is 0 Å². The zero-order chi connectivity index (χ0) is 16.5. The van der Waals surface area contributed by atoms with Crippen molar-refractivity contribution in [3.05, 3.63) is 81.9 Å². The second kappa shape index (κ2) is 5.86. The van der Waals surface area contributed by atoms with E-state index in [2.05, 4.69) is 15.0 Å². The normalized spacial score (nSPS) is 10.8. The molecule has 0 unspecified atom stereocenters. The lowest BCUT2D eigenvalue weighted by atomic mass is 10.0. The number of fused-ring (bicyclic) bond motifs is 1. The van der Waals surface area contributed by atoms with E-state index >= 15 is 0 Å². The van der Waals surface area contributed by atoms with E-state index in [0.29, 0.717) is 11.0 Å². The number of H-pyrrole nitrogens is 2. The molecule has 2 aromatic heterocycles. The van der Waals surface area contributed by atoms with Crippen LogP contribution in [0.5, 0.6) is 0 Å². The minimum Gasteiger partial charge on any atom is -0.316 e. The lowest BCUT2D eigenvalue weighted by Gasteiger charge is -2.09. The van der Waals surface area contributed by atoms with Crippen LogP contribution in [-0.4, -0.2) is 15.0 Å². The molecule has 0 aliphatic rings. The molecule has 0 saturated heterocycles. The smallest absolute Gasteiger partial charge is 0.261 e. The molecule has 4 aromatic rings. The minimum absolute atomic E-state index is 0.236. The van der Waals surface area contributed by atoms with E-state index in [1.807, 2.05) is 66.7 Å². The number of hydrogen-bond acceptors (Lipinski definition) is 3. The van der Waals surface area contributed by atoms with E-state index in [9.17, 15) is 4.79 Å². The summed E-state index contributed by atoms with van der Waals surface area (Å²) in [6, 6.07) is 21.6. The average molecular weight is 331 g/mol. The van der Waals surface area contributed by atoms with Gasteiger partial charge >= 0.3 is 0 Å². The van der Waals surface area contributed by atoms with Gasteiger partial charge in [-0.25, -0.2) is 4.98 Å². The highest BCUT2D eigenvalue weighted by molar-refractivity contribution is 7.71. The Kier molecular flexibility index (Phi) is 3.55. The van der Waals surface area contributed by atoms with Crippen molar-refractivity contribution >= 4 is 23.3 Å². The lowest BCUT2D eigenvalue weighted by Crippen LogP contribution is -2.10. The fraction of sp³-hybridized carbons (Fsp3) is 0. The second-order valence-electron chi connectivity index (χ2n) is 5.42. The van der Waals surface area contributed by atoms with Gasteiger partial charge in [0.05, 0.1) is 11.1 Å². The van der Waals surface area contributed by atoms with Crippen molar-refractivity contribution in [2.24, 2.45) is 0 Å².